The summed E-state index contributed by atoms with van der Waals surface area (Å²) in [6, 6.07) is 0. The van der Waals surface area contributed by atoms with Crippen molar-refractivity contribution in [2.24, 2.45) is 0 Å². The molecule has 0 spiro atoms. The second kappa shape index (κ2) is 7.47. The zero-order valence-corrected chi connectivity index (χ0v) is 5.49. The average molecular weight is 189 g/mol. The Bertz CT molecular complexity index is 24.0. The largest absolute Gasteiger partial charge is 2.00 e. The van der Waals surface area contributed by atoms with E-state index in [1.807, 2.05) is 0 Å². The quantitative estimate of drug-likeness (QED) is 0.300. The molecule has 0 saturated heterocycles. The second-order valence-electron chi connectivity index (χ2n) is 0.600. The first-order chi connectivity index (χ1) is 2.00. The molecule has 0 saturated carbocycles. The maximum Gasteiger partial charge on any atom is 2.00 e. The molecule has 8 heavy (non-hydrogen) atoms. The van der Waals surface area contributed by atoms with Gasteiger partial charge < -0.3 is 30.1 Å². The molecule has 0 aromatic rings. The van der Waals surface area contributed by atoms with Crippen LogP contribution in [0.4, 0.5) is 0 Å². The van der Waals surface area contributed by atoms with Crippen molar-refractivity contribution in [1.29, 1.82) is 0 Å². The molecule has 0 aromatic heterocycles. The Balaban J connectivity index is -0.0000000267. The third kappa shape index (κ3) is 875. The molecule has 8 heteroatoms. The SMILES string of the molecule is O[Si](O)(O)O.[Ni+2].[OH-].[OH-]. The fourth-order valence-corrected chi connectivity index (χ4v) is 0. The first-order valence-corrected chi connectivity index (χ1v) is 2.68. The summed E-state index contributed by atoms with van der Waals surface area (Å²) < 4.78 is 0. The van der Waals surface area contributed by atoms with Crippen molar-refractivity contribution in [2.45, 2.75) is 0 Å². The van der Waals surface area contributed by atoms with Crippen molar-refractivity contribution in [3.8, 4) is 0 Å². The molecule has 6 N–H and O–H groups in total. The molecule has 0 heterocycles. The summed E-state index contributed by atoms with van der Waals surface area (Å²) in [5, 5.41) is 0. The number of rotatable bonds is 0. The summed E-state index contributed by atoms with van der Waals surface area (Å²) in [4.78, 5) is 29.3. The molecule has 0 aliphatic rings. The van der Waals surface area contributed by atoms with Crippen LogP contribution in [0.1, 0.15) is 0 Å². The molecule has 0 rings (SSSR count). The Morgan fingerprint density at radius 2 is 0.750 bits per heavy atom. The maximum atomic E-state index is 7.33. The van der Waals surface area contributed by atoms with E-state index in [2.05, 4.69) is 0 Å². The van der Waals surface area contributed by atoms with Crippen LogP contribution in [0.15, 0.2) is 0 Å². The van der Waals surface area contributed by atoms with Gasteiger partial charge >= 0.3 is 25.5 Å². The second-order valence-corrected chi connectivity index (χ2v) is 1.80. The zero-order chi connectivity index (χ0) is 4.50. The molecule has 0 aliphatic heterocycles. The third-order valence-electron chi connectivity index (χ3n) is 0. The fourth-order valence-electron chi connectivity index (χ4n) is 0. The number of hydrogen-bond donors (Lipinski definition) is 4. The van der Waals surface area contributed by atoms with Crippen LogP contribution in [-0.4, -0.2) is 39.2 Å². The van der Waals surface area contributed by atoms with E-state index in [9.17, 15) is 0 Å². The van der Waals surface area contributed by atoms with Crippen molar-refractivity contribution in [3.05, 3.63) is 0 Å². The molecule has 0 aliphatic carbocycles. The Hall–Kier alpha value is 0.470. The van der Waals surface area contributed by atoms with Crippen molar-refractivity contribution < 1.29 is 46.6 Å². The van der Waals surface area contributed by atoms with E-state index in [4.69, 9.17) is 19.2 Å². The summed E-state index contributed by atoms with van der Waals surface area (Å²) in [5.74, 6) is 0. The summed E-state index contributed by atoms with van der Waals surface area (Å²) in [7, 11) is -4.61. The molecular weight excluding hydrogens is 183 g/mol. The Labute approximate surface area is 56.4 Å². The van der Waals surface area contributed by atoms with Crippen LogP contribution in [0.2, 0.25) is 0 Å². The molecule has 0 aromatic carbocycles. The van der Waals surface area contributed by atoms with Crippen LogP contribution in [-0.2, 0) is 16.5 Å². The predicted molar refractivity (Wildman–Crippen MR) is 18.5 cm³/mol. The molecule has 0 atom stereocenters. The van der Waals surface area contributed by atoms with E-state index in [1.165, 1.54) is 0 Å². The monoisotopic (exact) mass is 188 g/mol. The van der Waals surface area contributed by atoms with Gasteiger partial charge in [0.1, 0.15) is 0 Å². The normalized spacial score (nSPS) is 7.50. The molecule has 0 unspecified atom stereocenters. The van der Waals surface area contributed by atoms with Crippen molar-refractivity contribution in [2.75, 3.05) is 0 Å². The third-order valence-corrected chi connectivity index (χ3v) is 0. The minimum Gasteiger partial charge on any atom is -0.870 e. The Morgan fingerprint density at radius 3 is 0.750 bits per heavy atom. The van der Waals surface area contributed by atoms with E-state index in [0.29, 0.717) is 0 Å². The van der Waals surface area contributed by atoms with Gasteiger partial charge in [-0.05, 0) is 0 Å². The van der Waals surface area contributed by atoms with Gasteiger partial charge in [-0.15, -0.1) is 0 Å². The molecule has 6 nitrogen and oxygen atoms in total. The van der Waals surface area contributed by atoms with Gasteiger partial charge in [0.15, 0.2) is 0 Å². The van der Waals surface area contributed by atoms with Crippen LogP contribution in [0.5, 0.6) is 0 Å². The first-order valence-electron chi connectivity index (χ1n) is 0.894. The van der Waals surface area contributed by atoms with E-state index < -0.39 is 9.05 Å². The van der Waals surface area contributed by atoms with Gasteiger partial charge in [0.2, 0.25) is 0 Å². The molecule has 0 amide bonds. The summed E-state index contributed by atoms with van der Waals surface area (Å²) in [5.41, 5.74) is 0. The fraction of sp³-hybridized carbons (Fsp3) is 0. The zero-order valence-electron chi connectivity index (χ0n) is 3.50. The topological polar surface area (TPSA) is 141 Å². The predicted octanol–water partition coefficient (Wildman–Crippen LogP) is -2.96. The van der Waals surface area contributed by atoms with Gasteiger partial charge in [-0.25, -0.2) is 0 Å². The molecule has 0 radical (unpaired) electrons. The Morgan fingerprint density at radius 1 is 0.750 bits per heavy atom. The molecule has 56 valence electrons. The van der Waals surface area contributed by atoms with Gasteiger partial charge in [-0.1, -0.05) is 0 Å². The van der Waals surface area contributed by atoms with E-state index in [1.54, 1.807) is 0 Å². The standard InChI is InChI=1S/Ni.H4O4Si.2H2O/c;1-5(2,3)4;;/h;1-4H;2*1H2/q+2;;;/p-2. The van der Waals surface area contributed by atoms with Crippen LogP contribution < -0.4 is 0 Å². The molecule has 0 fully saturated rings. The van der Waals surface area contributed by atoms with Crippen LogP contribution in [0.3, 0.4) is 0 Å². The molecule has 0 bridgehead atoms. The van der Waals surface area contributed by atoms with Gasteiger partial charge in [0, 0.05) is 0 Å². The first kappa shape index (κ1) is 23.7. The van der Waals surface area contributed by atoms with Crippen molar-refractivity contribution >= 4 is 9.05 Å². The van der Waals surface area contributed by atoms with Crippen LogP contribution in [0.25, 0.3) is 0 Å². The maximum absolute atomic E-state index is 7.33. The smallest absolute Gasteiger partial charge is 0.870 e. The van der Waals surface area contributed by atoms with Gasteiger partial charge in [0.25, 0.3) is 0 Å². The minimum absolute atomic E-state index is 0. The minimum atomic E-state index is -4.61. The van der Waals surface area contributed by atoms with Gasteiger partial charge in [-0.2, -0.15) is 0 Å². The van der Waals surface area contributed by atoms with Crippen molar-refractivity contribution in [3.63, 3.8) is 0 Å². The van der Waals surface area contributed by atoms with Gasteiger partial charge in [0.05, 0.1) is 0 Å². The van der Waals surface area contributed by atoms with E-state index >= 15 is 0 Å². The van der Waals surface area contributed by atoms with Gasteiger partial charge in [-0.3, -0.25) is 0 Å². The van der Waals surface area contributed by atoms with Crippen LogP contribution >= 0.6 is 0 Å². The van der Waals surface area contributed by atoms with Crippen molar-refractivity contribution in [1.82, 2.24) is 0 Å². The summed E-state index contributed by atoms with van der Waals surface area (Å²) >= 11 is 0. The average Bonchev–Trinajstić information content (AvgIpc) is 0.722. The number of hydrogen-bond acceptors (Lipinski definition) is 6. The van der Waals surface area contributed by atoms with Crippen LogP contribution in [0, 0.1) is 0 Å². The summed E-state index contributed by atoms with van der Waals surface area (Å²) in [6.45, 7) is 0. The van der Waals surface area contributed by atoms with E-state index in [-0.39, 0.29) is 27.4 Å². The molecular formula is H6NiO6Si. The Kier molecular flexibility index (Phi) is 22.1. The van der Waals surface area contributed by atoms with E-state index in [0.717, 1.165) is 0 Å². The summed E-state index contributed by atoms with van der Waals surface area (Å²) in [6.07, 6.45) is 0.